The van der Waals surface area contributed by atoms with Gasteiger partial charge in [-0.15, -0.1) is 0 Å². The lowest BCUT2D eigenvalue weighted by molar-refractivity contribution is -0.134. The van der Waals surface area contributed by atoms with Crippen LogP contribution in [0.15, 0.2) is 18.2 Å². The van der Waals surface area contributed by atoms with Gasteiger partial charge < -0.3 is 15.3 Å². The maximum atomic E-state index is 12.6. The Morgan fingerprint density at radius 2 is 2.12 bits per heavy atom. The minimum atomic E-state index is -0.631. The molecule has 0 radical (unpaired) electrons. The van der Waals surface area contributed by atoms with Gasteiger partial charge in [-0.1, -0.05) is 31.4 Å². The molecule has 0 bridgehead atoms. The van der Waals surface area contributed by atoms with Crippen molar-refractivity contribution in [1.82, 2.24) is 10.2 Å². The summed E-state index contributed by atoms with van der Waals surface area (Å²) in [6, 6.07) is 8.14. The van der Waals surface area contributed by atoms with E-state index in [0.29, 0.717) is 5.75 Å². The number of nitriles is 1. The first kappa shape index (κ1) is 16.8. The fourth-order valence-corrected chi connectivity index (χ4v) is 4.02. The Labute approximate surface area is 143 Å². The number of nitrogens with one attached hydrogen (secondary N) is 1. The van der Waals surface area contributed by atoms with Gasteiger partial charge in [-0.2, -0.15) is 5.26 Å². The predicted molar refractivity (Wildman–Crippen MR) is 91.5 cm³/mol. The van der Waals surface area contributed by atoms with E-state index >= 15 is 0 Å². The van der Waals surface area contributed by atoms with E-state index in [4.69, 9.17) is 0 Å². The van der Waals surface area contributed by atoms with Crippen molar-refractivity contribution < 1.29 is 9.90 Å². The summed E-state index contributed by atoms with van der Waals surface area (Å²) >= 11 is 0. The quantitative estimate of drug-likeness (QED) is 0.888. The van der Waals surface area contributed by atoms with Crippen molar-refractivity contribution in [2.24, 2.45) is 0 Å². The summed E-state index contributed by atoms with van der Waals surface area (Å²) in [5, 5.41) is 22.8. The number of phenols is 1. The third kappa shape index (κ3) is 3.11. The Hall–Kier alpha value is -2.06. The van der Waals surface area contributed by atoms with Crippen molar-refractivity contribution in [3.8, 4) is 11.8 Å². The van der Waals surface area contributed by atoms with Crippen LogP contribution in [0.4, 0.5) is 0 Å². The standard InChI is InChI=1S/C19H25N3O2/c1-22(19(13-20)8-3-2-4-9-19)18(24)12-21-15-10-14-6-5-7-17(23)16(14)11-15/h5-7,15,21,23H,2-4,8-12H2,1H3. The smallest absolute Gasteiger partial charge is 0.237 e. The molecule has 128 valence electrons. The van der Waals surface area contributed by atoms with Gasteiger partial charge in [0.2, 0.25) is 5.91 Å². The summed E-state index contributed by atoms with van der Waals surface area (Å²) in [6.45, 7) is 0.235. The summed E-state index contributed by atoms with van der Waals surface area (Å²) in [6.07, 6.45) is 6.27. The largest absolute Gasteiger partial charge is 0.508 e. The second-order valence-corrected chi connectivity index (χ2v) is 7.06. The van der Waals surface area contributed by atoms with Crippen LogP contribution in [-0.4, -0.2) is 41.1 Å². The minimum absolute atomic E-state index is 0.0290. The number of carbonyl (C=O) groups is 1. The van der Waals surface area contributed by atoms with Crippen molar-refractivity contribution in [1.29, 1.82) is 5.26 Å². The molecule has 0 saturated heterocycles. The molecule has 1 saturated carbocycles. The zero-order chi connectivity index (χ0) is 17.2. The second-order valence-electron chi connectivity index (χ2n) is 7.06. The number of likely N-dealkylation sites (N-methyl/N-ethyl adjacent to an activating group) is 1. The first-order chi connectivity index (χ1) is 11.6. The molecule has 1 aromatic carbocycles. The number of aromatic hydroxyl groups is 1. The van der Waals surface area contributed by atoms with E-state index in [1.54, 1.807) is 18.0 Å². The molecular weight excluding hydrogens is 302 g/mol. The van der Waals surface area contributed by atoms with Crippen LogP contribution in [0.1, 0.15) is 43.2 Å². The second kappa shape index (κ2) is 6.82. The van der Waals surface area contributed by atoms with Crippen molar-refractivity contribution in [2.75, 3.05) is 13.6 Å². The van der Waals surface area contributed by atoms with Crippen molar-refractivity contribution in [3.05, 3.63) is 29.3 Å². The third-order valence-electron chi connectivity index (χ3n) is 5.61. The monoisotopic (exact) mass is 327 g/mol. The van der Waals surface area contributed by atoms with Crippen LogP contribution >= 0.6 is 0 Å². The minimum Gasteiger partial charge on any atom is -0.508 e. The summed E-state index contributed by atoms with van der Waals surface area (Å²) in [4.78, 5) is 14.2. The van der Waals surface area contributed by atoms with Gasteiger partial charge in [-0.25, -0.2) is 0 Å². The molecule has 1 fully saturated rings. The molecule has 1 atom stereocenters. The lowest BCUT2D eigenvalue weighted by Gasteiger charge is -2.39. The van der Waals surface area contributed by atoms with E-state index < -0.39 is 5.54 Å². The van der Waals surface area contributed by atoms with Crippen LogP contribution in [-0.2, 0) is 17.6 Å². The highest BCUT2D eigenvalue weighted by Crippen LogP contribution is 2.33. The topological polar surface area (TPSA) is 76.4 Å². The fourth-order valence-electron chi connectivity index (χ4n) is 4.02. The van der Waals surface area contributed by atoms with Gasteiger partial charge in [-0.3, -0.25) is 4.79 Å². The molecular formula is C19H25N3O2. The van der Waals surface area contributed by atoms with Gasteiger partial charge in [0.25, 0.3) is 0 Å². The van der Waals surface area contributed by atoms with Crippen LogP contribution in [0, 0.1) is 11.3 Å². The lowest BCUT2D eigenvalue weighted by Crippen LogP contribution is -2.53. The van der Waals surface area contributed by atoms with Crippen LogP contribution in [0.5, 0.6) is 5.75 Å². The number of hydrogen-bond donors (Lipinski definition) is 2. The fraction of sp³-hybridized carbons (Fsp3) is 0.579. The maximum Gasteiger partial charge on any atom is 0.237 e. The molecule has 2 aliphatic rings. The molecule has 3 rings (SSSR count). The average Bonchev–Trinajstić information content (AvgIpc) is 3.04. The predicted octanol–water partition coefficient (Wildman–Crippen LogP) is 2.13. The average molecular weight is 327 g/mol. The van der Waals surface area contributed by atoms with Crippen LogP contribution in [0.2, 0.25) is 0 Å². The molecule has 5 heteroatoms. The number of hydrogen-bond acceptors (Lipinski definition) is 4. The molecule has 1 aromatic rings. The molecule has 24 heavy (non-hydrogen) atoms. The van der Waals surface area contributed by atoms with Crippen molar-refractivity contribution in [3.63, 3.8) is 0 Å². The summed E-state index contributed by atoms with van der Waals surface area (Å²) < 4.78 is 0. The maximum absolute atomic E-state index is 12.6. The first-order valence-corrected chi connectivity index (χ1v) is 8.77. The van der Waals surface area contributed by atoms with E-state index in [-0.39, 0.29) is 18.5 Å². The van der Waals surface area contributed by atoms with Crippen LogP contribution in [0.25, 0.3) is 0 Å². The number of phenolic OH excluding ortho intramolecular Hbond substituents is 1. The SMILES string of the molecule is CN(C(=O)CNC1Cc2cccc(O)c2C1)C1(C#N)CCCCC1. The van der Waals surface area contributed by atoms with Gasteiger partial charge in [0, 0.05) is 13.1 Å². The van der Waals surface area contributed by atoms with Gasteiger partial charge in [0.1, 0.15) is 11.3 Å². The highest BCUT2D eigenvalue weighted by molar-refractivity contribution is 5.79. The Morgan fingerprint density at radius 1 is 1.38 bits per heavy atom. The Balaban J connectivity index is 1.57. The van der Waals surface area contributed by atoms with Gasteiger partial charge in [-0.05, 0) is 42.9 Å². The van der Waals surface area contributed by atoms with E-state index in [0.717, 1.165) is 56.1 Å². The zero-order valence-corrected chi connectivity index (χ0v) is 14.2. The molecule has 1 unspecified atom stereocenters. The normalized spacial score (nSPS) is 21.8. The van der Waals surface area contributed by atoms with E-state index in [1.165, 1.54) is 0 Å². The van der Waals surface area contributed by atoms with E-state index in [9.17, 15) is 15.2 Å². The summed E-state index contributed by atoms with van der Waals surface area (Å²) in [5.41, 5.74) is 1.50. The molecule has 2 N–H and O–H groups in total. The Bertz CT molecular complexity index is 659. The molecule has 0 aromatic heterocycles. The number of benzene rings is 1. The number of fused-ring (bicyclic) bond motifs is 1. The number of carbonyl (C=O) groups excluding carboxylic acids is 1. The molecule has 5 nitrogen and oxygen atoms in total. The Morgan fingerprint density at radius 3 is 2.79 bits per heavy atom. The van der Waals surface area contributed by atoms with E-state index in [2.05, 4.69) is 11.4 Å². The molecule has 0 aliphatic heterocycles. The number of nitrogens with zero attached hydrogens (tertiary/aromatic N) is 2. The summed E-state index contributed by atoms with van der Waals surface area (Å²) in [7, 11) is 1.76. The van der Waals surface area contributed by atoms with Gasteiger partial charge >= 0.3 is 0 Å². The van der Waals surface area contributed by atoms with Crippen molar-refractivity contribution in [2.45, 2.75) is 56.5 Å². The third-order valence-corrected chi connectivity index (χ3v) is 5.61. The zero-order valence-electron chi connectivity index (χ0n) is 14.2. The van der Waals surface area contributed by atoms with Gasteiger partial charge in [0.15, 0.2) is 0 Å². The number of amides is 1. The highest BCUT2D eigenvalue weighted by Gasteiger charge is 2.38. The highest BCUT2D eigenvalue weighted by atomic mass is 16.3. The molecule has 0 spiro atoms. The molecule has 1 amide bonds. The van der Waals surface area contributed by atoms with E-state index in [1.807, 2.05) is 12.1 Å². The van der Waals surface area contributed by atoms with Gasteiger partial charge in [0.05, 0.1) is 12.6 Å². The molecule has 2 aliphatic carbocycles. The van der Waals surface area contributed by atoms with Crippen molar-refractivity contribution >= 4 is 5.91 Å². The summed E-state index contributed by atoms with van der Waals surface area (Å²) in [5.74, 6) is 0.310. The lowest BCUT2D eigenvalue weighted by atomic mass is 9.81. The van der Waals surface area contributed by atoms with Crippen LogP contribution < -0.4 is 5.32 Å². The Kier molecular flexibility index (Phi) is 4.77. The number of rotatable bonds is 4. The van der Waals surface area contributed by atoms with Crippen LogP contribution in [0.3, 0.4) is 0 Å². The first-order valence-electron chi connectivity index (χ1n) is 8.77. The molecule has 0 heterocycles.